The standard InChI is InChI=1S/C23H22FN3O4/c24-17-3-4-19-18(10-17)21(23(30)25-19)22(14-1-2-15-12-31-13-16(15)9-14)27-7-5-26(6-8-27)11-20(28)29/h1-4,9-10H,5-8,11-13H2,(H,25,30)(H,28,29). The maximum atomic E-state index is 14.1. The van der Waals surface area contributed by atoms with E-state index in [1.165, 1.54) is 12.1 Å². The second-order valence-electron chi connectivity index (χ2n) is 8.00. The number of rotatable bonds is 4. The van der Waals surface area contributed by atoms with Gasteiger partial charge in [-0.1, -0.05) is 12.1 Å². The van der Waals surface area contributed by atoms with Gasteiger partial charge in [0.05, 0.1) is 31.0 Å². The monoisotopic (exact) mass is 423 g/mol. The van der Waals surface area contributed by atoms with Gasteiger partial charge in [0.25, 0.3) is 5.91 Å². The number of hydrogen-bond acceptors (Lipinski definition) is 5. The minimum Gasteiger partial charge on any atom is -0.480 e. The Balaban J connectivity index is 1.60. The van der Waals surface area contributed by atoms with Crippen LogP contribution in [0.3, 0.4) is 0 Å². The van der Waals surface area contributed by atoms with Gasteiger partial charge < -0.3 is 20.1 Å². The molecule has 3 aliphatic rings. The van der Waals surface area contributed by atoms with Crippen LogP contribution in [0, 0.1) is 5.82 Å². The van der Waals surface area contributed by atoms with Crippen molar-refractivity contribution in [2.24, 2.45) is 0 Å². The number of anilines is 1. The quantitative estimate of drug-likeness (QED) is 0.735. The Kier molecular flexibility index (Phi) is 4.95. The molecule has 0 saturated carbocycles. The van der Waals surface area contributed by atoms with Crippen molar-refractivity contribution in [1.29, 1.82) is 0 Å². The zero-order valence-electron chi connectivity index (χ0n) is 16.9. The summed E-state index contributed by atoms with van der Waals surface area (Å²) in [4.78, 5) is 28.1. The number of carboxylic acids is 1. The highest BCUT2D eigenvalue weighted by molar-refractivity contribution is 6.36. The van der Waals surface area contributed by atoms with Crippen LogP contribution in [-0.4, -0.2) is 59.5 Å². The van der Waals surface area contributed by atoms with Gasteiger partial charge in [0.2, 0.25) is 0 Å². The summed E-state index contributed by atoms with van der Waals surface area (Å²) in [6, 6.07) is 10.3. The van der Waals surface area contributed by atoms with E-state index in [0.717, 1.165) is 22.4 Å². The number of amides is 1. The molecule has 0 spiro atoms. The fraction of sp³-hybridized carbons (Fsp3) is 0.304. The molecular weight excluding hydrogens is 401 g/mol. The van der Waals surface area contributed by atoms with Crippen molar-refractivity contribution in [3.8, 4) is 0 Å². The Bertz CT molecular complexity index is 1110. The summed E-state index contributed by atoms with van der Waals surface area (Å²) in [5.74, 6) is -1.52. The molecule has 0 bridgehead atoms. The van der Waals surface area contributed by atoms with Crippen LogP contribution in [0.4, 0.5) is 10.1 Å². The first kappa shape index (κ1) is 19.7. The van der Waals surface area contributed by atoms with Crippen molar-refractivity contribution in [3.63, 3.8) is 0 Å². The summed E-state index contributed by atoms with van der Waals surface area (Å²) in [7, 11) is 0. The van der Waals surface area contributed by atoms with Crippen LogP contribution in [0.15, 0.2) is 36.4 Å². The maximum absolute atomic E-state index is 14.1. The molecule has 31 heavy (non-hydrogen) atoms. The molecule has 1 saturated heterocycles. The van der Waals surface area contributed by atoms with Crippen LogP contribution in [0.5, 0.6) is 0 Å². The lowest BCUT2D eigenvalue weighted by Crippen LogP contribution is -2.47. The van der Waals surface area contributed by atoms with E-state index >= 15 is 0 Å². The Morgan fingerprint density at radius 3 is 2.61 bits per heavy atom. The molecular formula is C23H22FN3O4. The molecule has 3 aliphatic heterocycles. The second kappa shape index (κ2) is 7.79. The number of fused-ring (bicyclic) bond motifs is 2. The van der Waals surface area contributed by atoms with Gasteiger partial charge in [0.1, 0.15) is 5.82 Å². The Labute approximate surface area is 178 Å². The topological polar surface area (TPSA) is 82.1 Å². The van der Waals surface area contributed by atoms with Gasteiger partial charge in [0, 0.05) is 37.4 Å². The Morgan fingerprint density at radius 2 is 1.84 bits per heavy atom. The number of ether oxygens (including phenoxy) is 1. The number of carboxylic acid groups (broad SMARTS) is 1. The van der Waals surface area contributed by atoms with Gasteiger partial charge in [-0.3, -0.25) is 14.5 Å². The molecule has 160 valence electrons. The molecule has 2 aromatic rings. The molecule has 1 fully saturated rings. The number of benzene rings is 2. The molecule has 0 atom stereocenters. The lowest BCUT2D eigenvalue weighted by atomic mass is 9.96. The van der Waals surface area contributed by atoms with Crippen molar-refractivity contribution < 1.29 is 23.8 Å². The van der Waals surface area contributed by atoms with Gasteiger partial charge >= 0.3 is 5.97 Å². The Hall–Kier alpha value is -3.23. The number of nitrogens with one attached hydrogen (secondary N) is 1. The number of nitrogens with zero attached hydrogens (tertiary/aromatic N) is 2. The summed E-state index contributed by atoms with van der Waals surface area (Å²) >= 11 is 0. The third-order valence-electron chi connectivity index (χ3n) is 6.01. The minimum atomic E-state index is -0.856. The van der Waals surface area contributed by atoms with Crippen molar-refractivity contribution >= 4 is 28.8 Å². The number of aliphatic carboxylic acids is 1. The first-order chi connectivity index (χ1) is 15.0. The van der Waals surface area contributed by atoms with Crippen LogP contribution in [-0.2, 0) is 27.5 Å². The molecule has 7 nitrogen and oxygen atoms in total. The normalized spacial score (nSPS) is 19.8. The van der Waals surface area contributed by atoms with E-state index in [4.69, 9.17) is 9.84 Å². The predicted molar refractivity (Wildman–Crippen MR) is 112 cm³/mol. The third-order valence-corrected chi connectivity index (χ3v) is 6.01. The molecule has 2 aromatic carbocycles. The largest absolute Gasteiger partial charge is 0.480 e. The van der Waals surface area contributed by atoms with Crippen LogP contribution in [0.25, 0.3) is 11.3 Å². The van der Waals surface area contributed by atoms with Gasteiger partial charge in [-0.2, -0.15) is 0 Å². The average molecular weight is 423 g/mol. The molecule has 0 unspecified atom stereocenters. The van der Waals surface area contributed by atoms with E-state index in [0.29, 0.717) is 56.2 Å². The van der Waals surface area contributed by atoms with Crippen molar-refractivity contribution in [1.82, 2.24) is 9.80 Å². The summed E-state index contributed by atoms with van der Waals surface area (Å²) in [5, 5.41) is 11.9. The number of halogens is 1. The minimum absolute atomic E-state index is 0.00946. The highest BCUT2D eigenvalue weighted by atomic mass is 19.1. The molecule has 5 rings (SSSR count). The van der Waals surface area contributed by atoms with Crippen LogP contribution >= 0.6 is 0 Å². The number of piperazine rings is 1. The van der Waals surface area contributed by atoms with Crippen LogP contribution in [0.1, 0.15) is 22.3 Å². The predicted octanol–water partition coefficient (Wildman–Crippen LogP) is 2.38. The summed E-state index contributed by atoms with van der Waals surface area (Å²) in [6.07, 6.45) is 0. The highest BCUT2D eigenvalue weighted by Gasteiger charge is 2.32. The highest BCUT2D eigenvalue weighted by Crippen LogP contribution is 2.40. The summed E-state index contributed by atoms with van der Waals surface area (Å²) in [6.45, 7) is 3.35. The maximum Gasteiger partial charge on any atom is 0.317 e. The number of carbonyl (C=O) groups is 2. The smallest absolute Gasteiger partial charge is 0.317 e. The van der Waals surface area contributed by atoms with E-state index < -0.39 is 11.8 Å². The first-order valence-corrected chi connectivity index (χ1v) is 10.2. The molecule has 0 aromatic heterocycles. The fourth-order valence-corrected chi connectivity index (χ4v) is 4.50. The van der Waals surface area contributed by atoms with Gasteiger partial charge in [-0.05, 0) is 41.0 Å². The first-order valence-electron chi connectivity index (χ1n) is 10.2. The van der Waals surface area contributed by atoms with Gasteiger partial charge in [-0.25, -0.2) is 4.39 Å². The van der Waals surface area contributed by atoms with E-state index in [1.54, 1.807) is 6.07 Å². The summed E-state index contributed by atoms with van der Waals surface area (Å²) in [5.41, 5.74) is 5.40. The second-order valence-corrected chi connectivity index (χ2v) is 8.00. The third kappa shape index (κ3) is 3.68. The zero-order chi connectivity index (χ0) is 21.5. The zero-order valence-corrected chi connectivity index (χ0v) is 16.9. The average Bonchev–Trinajstić information content (AvgIpc) is 3.33. The SMILES string of the molecule is O=C(O)CN1CCN(C(=C2C(=O)Nc3ccc(F)cc32)c2ccc3c(c2)COC3)CC1. The Morgan fingerprint density at radius 1 is 1.06 bits per heavy atom. The molecule has 0 aliphatic carbocycles. The number of carbonyl (C=O) groups excluding carboxylic acids is 1. The van der Waals surface area contributed by atoms with Crippen LogP contribution in [0.2, 0.25) is 0 Å². The molecule has 0 radical (unpaired) electrons. The van der Waals surface area contributed by atoms with Crippen LogP contribution < -0.4 is 5.32 Å². The molecule has 8 heteroatoms. The lowest BCUT2D eigenvalue weighted by molar-refractivity contribution is -0.138. The van der Waals surface area contributed by atoms with E-state index in [9.17, 15) is 14.0 Å². The lowest BCUT2D eigenvalue weighted by Gasteiger charge is -2.37. The van der Waals surface area contributed by atoms with Crippen molar-refractivity contribution in [2.45, 2.75) is 13.2 Å². The van der Waals surface area contributed by atoms with Crippen molar-refractivity contribution in [2.75, 3.05) is 38.0 Å². The van der Waals surface area contributed by atoms with E-state index in [-0.39, 0.29) is 12.5 Å². The molecule has 3 heterocycles. The molecule has 1 amide bonds. The van der Waals surface area contributed by atoms with E-state index in [2.05, 4.69) is 10.2 Å². The van der Waals surface area contributed by atoms with Crippen molar-refractivity contribution in [3.05, 3.63) is 64.5 Å². The van der Waals surface area contributed by atoms with E-state index in [1.807, 2.05) is 23.1 Å². The van der Waals surface area contributed by atoms with Gasteiger partial charge in [0.15, 0.2) is 0 Å². The number of hydrogen-bond donors (Lipinski definition) is 2. The summed E-state index contributed by atoms with van der Waals surface area (Å²) < 4.78 is 19.6. The van der Waals surface area contributed by atoms with Gasteiger partial charge in [-0.15, -0.1) is 0 Å². The fourth-order valence-electron chi connectivity index (χ4n) is 4.50. The molecule has 2 N–H and O–H groups in total.